The van der Waals surface area contributed by atoms with E-state index >= 15 is 0 Å². The molecule has 0 fully saturated rings. The fourth-order valence-corrected chi connectivity index (χ4v) is 4.90. The second-order valence-electron chi connectivity index (χ2n) is 7.46. The molecule has 8 nitrogen and oxygen atoms in total. The van der Waals surface area contributed by atoms with E-state index in [9.17, 15) is 18.0 Å². The number of carbonyl (C=O) groups excluding carboxylic acids is 2. The van der Waals surface area contributed by atoms with Crippen LogP contribution in [-0.4, -0.2) is 39.9 Å². The average Bonchev–Trinajstić information content (AvgIpc) is 2.87. The predicted octanol–water partition coefficient (Wildman–Crippen LogP) is 4.49. The summed E-state index contributed by atoms with van der Waals surface area (Å²) in [5.74, 6) is -0.754. The van der Waals surface area contributed by atoms with Gasteiger partial charge in [0.05, 0.1) is 28.4 Å². The number of halogens is 1. The molecule has 0 saturated heterocycles. The number of rotatable bonds is 11. The van der Waals surface area contributed by atoms with Gasteiger partial charge in [0.1, 0.15) is 12.3 Å². The van der Waals surface area contributed by atoms with Gasteiger partial charge in [0.15, 0.2) is 0 Å². The Morgan fingerprint density at radius 2 is 1.69 bits per heavy atom. The fourth-order valence-electron chi connectivity index (χ4n) is 3.34. The lowest BCUT2D eigenvalue weighted by Crippen LogP contribution is -2.38. The smallest absolute Gasteiger partial charge is 0.264 e. The number of para-hydroxylation sites is 3. The summed E-state index contributed by atoms with van der Waals surface area (Å²) in [4.78, 5) is 25.6. The molecule has 2 N–H and O–H groups in total. The first-order valence-electron chi connectivity index (χ1n) is 11.1. The van der Waals surface area contributed by atoms with Gasteiger partial charge in [0, 0.05) is 11.6 Å². The normalized spacial score (nSPS) is 10.8. The molecule has 0 aliphatic carbocycles. The first kappa shape index (κ1) is 26.8. The Kier molecular flexibility index (Phi) is 9.10. The number of hydrogen-bond acceptors (Lipinski definition) is 5. The summed E-state index contributed by atoms with van der Waals surface area (Å²) in [6, 6.07) is 18.6. The molecule has 2 amide bonds. The number of benzene rings is 3. The van der Waals surface area contributed by atoms with Crippen LogP contribution in [0.4, 0.5) is 11.4 Å². The maximum atomic E-state index is 13.7. The molecule has 10 heteroatoms. The van der Waals surface area contributed by atoms with Crippen LogP contribution in [0, 0.1) is 0 Å². The molecule has 0 bridgehead atoms. The van der Waals surface area contributed by atoms with Crippen LogP contribution in [0.1, 0.15) is 17.3 Å². The van der Waals surface area contributed by atoms with E-state index in [4.69, 9.17) is 16.3 Å². The highest BCUT2D eigenvalue weighted by atomic mass is 35.5. The molecule has 0 unspecified atom stereocenters. The summed E-state index contributed by atoms with van der Waals surface area (Å²) in [6.45, 7) is 5.32. The molecule has 0 aromatic heterocycles. The van der Waals surface area contributed by atoms with Crippen molar-refractivity contribution in [2.24, 2.45) is 0 Å². The third-order valence-electron chi connectivity index (χ3n) is 4.98. The molecule has 0 atom stereocenters. The minimum Gasteiger partial charge on any atom is -0.492 e. The van der Waals surface area contributed by atoms with Crippen molar-refractivity contribution in [1.82, 2.24) is 5.32 Å². The van der Waals surface area contributed by atoms with Crippen molar-refractivity contribution in [1.29, 1.82) is 0 Å². The van der Waals surface area contributed by atoms with Crippen LogP contribution in [-0.2, 0) is 14.8 Å². The fraction of sp³-hybridized carbons (Fsp3) is 0.154. The van der Waals surface area contributed by atoms with Gasteiger partial charge in [-0.05, 0) is 55.5 Å². The van der Waals surface area contributed by atoms with Gasteiger partial charge in [-0.1, -0.05) is 41.9 Å². The zero-order valence-electron chi connectivity index (χ0n) is 19.6. The average molecular weight is 528 g/mol. The highest BCUT2D eigenvalue weighted by Gasteiger charge is 2.30. The van der Waals surface area contributed by atoms with E-state index < -0.39 is 28.4 Å². The molecule has 188 valence electrons. The Hall–Kier alpha value is -3.82. The Bertz CT molecular complexity index is 1340. The van der Waals surface area contributed by atoms with E-state index in [1.165, 1.54) is 30.3 Å². The molecule has 3 rings (SSSR count). The lowest BCUT2D eigenvalue weighted by molar-refractivity contribution is -0.114. The Labute approximate surface area is 215 Å². The molecule has 0 spiro atoms. The number of amides is 2. The SMILES string of the molecule is C=CCNC(=O)c1ccccc1NC(=O)CN(c1ccccc1OCC)S(=O)(=O)c1ccc(Cl)cc1. The number of nitrogens with one attached hydrogen (secondary N) is 2. The van der Waals surface area contributed by atoms with Crippen LogP contribution >= 0.6 is 11.6 Å². The first-order valence-corrected chi connectivity index (χ1v) is 12.9. The molecule has 3 aromatic rings. The molecular formula is C26H26ClN3O5S. The molecule has 0 aliphatic heterocycles. The van der Waals surface area contributed by atoms with E-state index in [0.29, 0.717) is 17.4 Å². The topological polar surface area (TPSA) is 105 Å². The zero-order valence-corrected chi connectivity index (χ0v) is 21.2. The maximum Gasteiger partial charge on any atom is 0.264 e. The van der Waals surface area contributed by atoms with Crippen molar-refractivity contribution in [3.63, 3.8) is 0 Å². The second kappa shape index (κ2) is 12.2. The first-order chi connectivity index (χ1) is 17.3. The Morgan fingerprint density at radius 3 is 2.39 bits per heavy atom. The molecule has 0 heterocycles. The van der Waals surface area contributed by atoms with Crippen molar-refractivity contribution in [3.05, 3.63) is 96.0 Å². The highest BCUT2D eigenvalue weighted by molar-refractivity contribution is 7.92. The van der Waals surface area contributed by atoms with Crippen molar-refractivity contribution in [2.45, 2.75) is 11.8 Å². The summed E-state index contributed by atoms with van der Waals surface area (Å²) < 4.78 is 33.9. The van der Waals surface area contributed by atoms with E-state index in [-0.39, 0.29) is 28.4 Å². The Morgan fingerprint density at radius 1 is 1.03 bits per heavy atom. The lowest BCUT2D eigenvalue weighted by Gasteiger charge is -2.26. The summed E-state index contributed by atoms with van der Waals surface area (Å²) in [6.07, 6.45) is 1.54. The summed E-state index contributed by atoms with van der Waals surface area (Å²) in [5, 5.41) is 5.69. The van der Waals surface area contributed by atoms with Crippen LogP contribution in [0.15, 0.2) is 90.3 Å². The minimum absolute atomic E-state index is 0.0461. The highest BCUT2D eigenvalue weighted by Crippen LogP contribution is 2.33. The summed E-state index contributed by atoms with van der Waals surface area (Å²) >= 11 is 5.94. The van der Waals surface area contributed by atoms with Crippen molar-refractivity contribution in [3.8, 4) is 5.75 Å². The monoisotopic (exact) mass is 527 g/mol. The number of carbonyl (C=O) groups is 2. The van der Waals surface area contributed by atoms with Crippen molar-refractivity contribution >= 4 is 44.8 Å². The zero-order chi connectivity index (χ0) is 26.1. The van der Waals surface area contributed by atoms with Gasteiger partial charge in [0.25, 0.3) is 15.9 Å². The van der Waals surface area contributed by atoms with Gasteiger partial charge in [-0.2, -0.15) is 0 Å². The number of hydrogen-bond donors (Lipinski definition) is 2. The second-order valence-corrected chi connectivity index (χ2v) is 9.76. The van der Waals surface area contributed by atoms with Gasteiger partial charge in [-0.25, -0.2) is 8.42 Å². The lowest BCUT2D eigenvalue weighted by atomic mass is 10.1. The van der Waals surface area contributed by atoms with Gasteiger partial charge in [0.2, 0.25) is 5.91 Å². The minimum atomic E-state index is -4.19. The third kappa shape index (κ3) is 6.44. The maximum absolute atomic E-state index is 13.7. The Balaban J connectivity index is 1.98. The van der Waals surface area contributed by atoms with Crippen LogP contribution < -0.4 is 19.7 Å². The molecule has 0 saturated carbocycles. The summed E-state index contributed by atoms with van der Waals surface area (Å²) in [5.41, 5.74) is 0.669. The van der Waals surface area contributed by atoms with Crippen LogP contribution in [0.25, 0.3) is 0 Å². The van der Waals surface area contributed by atoms with Crippen LogP contribution in [0.3, 0.4) is 0 Å². The largest absolute Gasteiger partial charge is 0.492 e. The quantitative estimate of drug-likeness (QED) is 0.357. The molecule has 0 aliphatic rings. The molecular weight excluding hydrogens is 502 g/mol. The van der Waals surface area contributed by atoms with E-state index in [1.807, 2.05) is 0 Å². The van der Waals surface area contributed by atoms with Crippen LogP contribution in [0.2, 0.25) is 5.02 Å². The van der Waals surface area contributed by atoms with Gasteiger partial charge in [-0.15, -0.1) is 6.58 Å². The third-order valence-corrected chi connectivity index (χ3v) is 7.00. The van der Waals surface area contributed by atoms with Crippen molar-refractivity contribution in [2.75, 3.05) is 29.3 Å². The number of ether oxygens (including phenoxy) is 1. The van der Waals surface area contributed by atoms with E-state index in [0.717, 1.165) is 4.31 Å². The van der Waals surface area contributed by atoms with Gasteiger partial charge >= 0.3 is 0 Å². The molecule has 3 aromatic carbocycles. The van der Waals surface area contributed by atoms with Crippen molar-refractivity contribution < 1.29 is 22.7 Å². The summed E-state index contributed by atoms with van der Waals surface area (Å²) in [7, 11) is -4.19. The van der Waals surface area contributed by atoms with Gasteiger partial charge < -0.3 is 15.4 Å². The number of anilines is 2. The number of nitrogens with zero attached hydrogens (tertiary/aromatic N) is 1. The predicted molar refractivity (Wildman–Crippen MR) is 141 cm³/mol. The van der Waals surface area contributed by atoms with Crippen LogP contribution in [0.5, 0.6) is 5.75 Å². The van der Waals surface area contributed by atoms with E-state index in [2.05, 4.69) is 17.2 Å². The van der Waals surface area contributed by atoms with E-state index in [1.54, 1.807) is 55.5 Å². The molecule has 36 heavy (non-hydrogen) atoms. The molecule has 0 radical (unpaired) electrons. The van der Waals surface area contributed by atoms with Gasteiger partial charge in [-0.3, -0.25) is 13.9 Å². The standard InChI is InChI=1S/C26H26ClN3O5S/c1-3-17-28-26(32)21-9-5-6-10-22(21)29-25(31)18-30(23-11-7-8-12-24(23)35-4-2)36(33,34)20-15-13-19(27)14-16-20/h3,5-16H,1,4,17-18H2,2H3,(H,28,32)(H,29,31). The number of sulfonamides is 1.